The van der Waals surface area contributed by atoms with Crippen LogP contribution in [-0.2, 0) is 0 Å². The van der Waals surface area contributed by atoms with Crippen LogP contribution in [0, 0.1) is 0 Å². The Balaban J connectivity index is 1.78. The lowest BCUT2D eigenvalue weighted by Crippen LogP contribution is -2.31. The van der Waals surface area contributed by atoms with Crippen molar-refractivity contribution in [1.29, 1.82) is 0 Å². The number of hydrogen-bond acceptors (Lipinski definition) is 2. The smallest absolute Gasteiger partial charge is 0.170 e. The molecule has 0 unspecified atom stereocenters. The molecule has 2 aromatic heterocycles. The number of rotatable bonds is 6. The number of unbranched alkanes of at least 4 members (excludes halogenated alkanes) is 1. The fourth-order valence-electron chi connectivity index (χ4n) is 3.76. The fourth-order valence-corrected chi connectivity index (χ4v) is 4.09. The Kier molecular flexibility index (Phi) is 5.21. The number of nitrogens with one attached hydrogen (secondary N) is 1. The van der Waals surface area contributed by atoms with Gasteiger partial charge < -0.3 is 14.8 Å². The Morgan fingerprint density at radius 3 is 2.59 bits per heavy atom. The number of hydrogen-bond donors (Lipinski definition) is 1. The van der Waals surface area contributed by atoms with E-state index in [-0.39, 0.29) is 12.1 Å². The highest BCUT2D eigenvalue weighted by atomic mass is 32.1. The van der Waals surface area contributed by atoms with Crippen LogP contribution in [0.3, 0.4) is 0 Å². The molecule has 5 heteroatoms. The summed E-state index contributed by atoms with van der Waals surface area (Å²) < 4.78 is 2.26. The lowest BCUT2D eigenvalue weighted by atomic mass is 10.0. The molecule has 27 heavy (non-hydrogen) atoms. The van der Waals surface area contributed by atoms with E-state index < -0.39 is 0 Å². The van der Waals surface area contributed by atoms with Crippen molar-refractivity contribution in [3.05, 3.63) is 84.4 Å². The molecule has 1 saturated heterocycles. The molecule has 2 atom stereocenters. The molecule has 0 bridgehead atoms. The van der Waals surface area contributed by atoms with Crippen LogP contribution in [0.25, 0.3) is 5.69 Å². The molecule has 4 rings (SSSR count). The molecule has 0 radical (unpaired) electrons. The predicted molar refractivity (Wildman–Crippen MR) is 113 cm³/mol. The third kappa shape index (κ3) is 3.47. The molecular weight excluding hydrogens is 352 g/mol. The Labute approximate surface area is 165 Å². The number of nitrogens with zero attached hydrogens (tertiary/aromatic N) is 3. The molecule has 0 spiro atoms. The second-order valence-electron chi connectivity index (χ2n) is 6.81. The van der Waals surface area contributed by atoms with Crippen LogP contribution < -0.4 is 5.32 Å². The maximum Gasteiger partial charge on any atom is 0.170 e. The molecule has 0 saturated carbocycles. The van der Waals surface area contributed by atoms with Gasteiger partial charge in [-0.2, -0.15) is 0 Å². The number of aromatic nitrogens is 2. The maximum absolute atomic E-state index is 5.72. The van der Waals surface area contributed by atoms with Gasteiger partial charge in [0.1, 0.15) is 0 Å². The molecule has 3 heterocycles. The number of para-hydroxylation sites is 1. The summed E-state index contributed by atoms with van der Waals surface area (Å²) in [6, 6.07) is 21.0. The van der Waals surface area contributed by atoms with Crippen LogP contribution in [0.1, 0.15) is 43.2 Å². The lowest BCUT2D eigenvalue weighted by Gasteiger charge is -2.29. The van der Waals surface area contributed by atoms with Crippen LogP contribution in [0.2, 0.25) is 0 Å². The lowest BCUT2D eigenvalue weighted by molar-refractivity contribution is 0.304. The van der Waals surface area contributed by atoms with E-state index in [1.807, 2.05) is 24.4 Å². The highest BCUT2D eigenvalue weighted by Crippen LogP contribution is 2.39. The molecule has 1 aliphatic rings. The maximum atomic E-state index is 5.72. The minimum atomic E-state index is 0.0351. The largest absolute Gasteiger partial charge is 0.352 e. The second kappa shape index (κ2) is 7.92. The van der Waals surface area contributed by atoms with E-state index in [2.05, 4.69) is 75.4 Å². The third-order valence-corrected chi connectivity index (χ3v) is 5.42. The molecular formula is C22H24N4S. The standard InChI is InChI=1S/C22H24N4S/c1-2-3-15-26-21(20(24-22(26)27)18-12-7-8-14-23-18)19-13-9-16-25(19)17-10-5-4-6-11-17/h4-14,16,20-21H,2-3,15H2,1H3,(H,24,27)/t20-,21+/m0/s1. The normalized spacial score (nSPS) is 19.3. The first-order valence-electron chi connectivity index (χ1n) is 9.50. The summed E-state index contributed by atoms with van der Waals surface area (Å²) in [6.07, 6.45) is 6.22. The molecule has 0 amide bonds. The number of pyridine rings is 1. The zero-order chi connectivity index (χ0) is 18.6. The monoisotopic (exact) mass is 376 g/mol. The summed E-state index contributed by atoms with van der Waals surface area (Å²) in [6.45, 7) is 3.15. The summed E-state index contributed by atoms with van der Waals surface area (Å²) >= 11 is 5.72. The van der Waals surface area contributed by atoms with Crippen molar-refractivity contribution in [2.24, 2.45) is 0 Å². The van der Waals surface area contributed by atoms with Gasteiger partial charge in [-0.1, -0.05) is 37.6 Å². The quantitative estimate of drug-likeness (QED) is 0.635. The first-order chi connectivity index (χ1) is 13.3. The Morgan fingerprint density at radius 1 is 1.04 bits per heavy atom. The van der Waals surface area contributed by atoms with E-state index in [4.69, 9.17) is 12.2 Å². The summed E-state index contributed by atoms with van der Waals surface area (Å²) in [5.74, 6) is 0. The van der Waals surface area contributed by atoms with Crippen LogP contribution in [-0.4, -0.2) is 26.1 Å². The van der Waals surface area contributed by atoms with Gasteiger partial charge in [-0.3, -0.25) is 4.98 Å². The molecule has 1 aliphatic heterocycles. The van der Waals surface area contributed by atoms with E-state index >= 15 is 0 Å². The average molecular weight is 377 g/mol. The van der Waals surface area contributed by atoms with Crippen molar-refractivity contribution in [2.75, 3.05) is 6.54 Å². The van der Waals surface area contributed by atoms with Crippen molar-refractivity contribution in [1.82, 2.24) is 19.8 Å². The Hall–Kier alpha value is -2.66. The number of benzene rings is 1. The van der Waals surface area contributed by atoms with Gasteiger partial charge in [0, 0.05) is 30.3 Å². The summed E-state index contributed by atoms with van der Waals surface area (Å²) in [5, 5.41) is 4.34. The van der Waals surface area contributed by atoms with Crippen LogP contribution in [0.4, 0.5) is 0 Å². The first kappa shape index (κ1) is 17.7. The van der Waals surface area contributed by atoms with Gasteiger partial charge in [-0.25, -0.2) is 0 Å². The molecule has 1 aromatic carbocycles. The molecule has 1 fully saturated rings. The average Bonchev–Trinajstić information content (AvgIpc) is 3.32. The zero-order valence-electron chi connectivity index (χ0n) is 15.5. The molecule has 4 nitrogen and oxygen atoms in total. The van der Waals surface area contributed by atoms with Crippen molar-refractivity contribution in [3.8, 4) is 5.69 Å². The number of thiocarbonyl (C=S) groups is 1. The summed E-state index contributed by atoms with van der Waals surface area (Å²) in [4.78, 5) is 6.94. The zero-order valence-corrected chi connectivity index (χ0v) is 16.3. The highest BCUT2D eigenvalue weighted by molar-refractivity contribution is 7.80. The predicted octanol–water partition coefficient (Wildman–Crippen LogP) is 4.64. The second-order valence-corrected chi connectivity index (χ2v) is 7.20. The molecule has 0 aliphatic carbocycles. The van der Waals surface area contributed by atoms with Crippen molar-refractivity contribution in [3.63, 3.8) is 0 Å². The summed E-state index contributed by atoms with van der Waals surface area (Å²) in [7, 11) is 0. The van der Waals surface area contributed by atoms with Gasteiger partial charge in [0.15, 0.2) is 5.11 Å². The van der Waals surface area contributed by atoms with E-state index in [1.54, 1.807) is 0 Å². The van der Waals surface area contributed by atoms with Crippen molar-refractivity contribution < 1.29 is 0 Å². The Morgan fingerprint density at radius 2 is 1.85 bits per heavy atom. The molecule has 1 N–H and O–H groups in total. The van der Waals surface area contributed by atoms with Crippen LogP contribution in [0.5, 0.6) is 0 Å². The highest BCUT2D eigenvalue weighted by Gasteiger charge is 2.40. The SMILES string of the molecule is CCCCN1C(=S)N[C@@H](c2ccccn2)[C@H]1c1cccn1-c1ccccc1. The minimum absolute atomic E-state index is 0.0351. The molecule has 3 aromatic rings. The van der Waals surface area contributed by atoms with E-state index in [0.717, 1.165) is 35.9 Å². The van der Waals surface area contributed by atoms with Gasteiger partial charge in [0.05, 0.1) is 17.8 Å². The third-order valence-electron chi connectivity index (χ3n) is 5.07. The van der Waals surface area contributed by atoms with Gasteiger partial charge in [0.2, 0.25) is 0 Å². The van der Waals surface area contributed by atoms with E-state index in [0.29, 0.717) is 0 Å². The van der Waals surface area contributed by atoms with Gasteiger partial charge >= 0.3 is 0 Å². The Bertz CT molecular complexity index is 891. The van der Waals surface area contributed by atoms with Crippen LogP contribution in [0.15, 0.2) is 73.1 Å². The topological polar surface area (TPSA) is 33.1 Å². The van der Waals surface area contributed by atoms with Gasteiger partial charge in [-0.05, 0) is 55.0 Å². The van der Waals surface area contributed by atoms with E-state index in [1.165, 1.54) is 5.69 Å². The first-order valence-corrected chi connectivity index (χ1v) is 9.91. The van der Waals surface area contributed by atoms with Crippen molar-refractivity contribution >= 4 is 17.3 Å². The molecule has 138 valence electrons. The van der Waals surface area contributed by atoms with Crippen molar-refractivity contribution in [2.45, 2.75) is 31.8 Å². The minimum Gasteiger partial charge on any atom is -0.352 e. The fraction of sp³-hybridized carbons (Fsp3) is 0.273. The van der Waals surface area contributed by atoms with Gasteiger partial charge in [-0.15, -0.1) is 0 Å². The van der Waals surface area contributed by atoms with E-state index in [9.17, 15) is 0 Å². The van der Waals surface area contributed by atoms with Crippen LogP contribution >= 0.6 is 12.2 Å². The summed E-state index contributed by atoms with van der Waals surface area (Å²) in [5.41, 5.74) is 3.40. The van der Waals surface area contributed by atoms with Gasteiger partial charge in [0.25, 0.3) is 0 Å².